The molecule has 0 saturated carbocycles. The van der Waals surface area contributed by atoms with E-state index in [0.29, 0.717) is 49.9 Å². The van der Waals surface area contributed by atoms with Gasteiger partial charge in [-0.15, -0.1) is 0 Å². The smallest absolute Gasteiger partial charge is 0.330 e. The number of benzene rings is 2. The van der Waals surface area contributed by atoms with Gasteiger partial charge in [0.15, 0.2) is 11.2 Å². The van der Waals surface area contributed by atoms with Crippen LogP contribution in [0.1, 0.15) is 38.3 Å². The fraction of sp³-hybridized carbons (Fsp3) is 0.414. The first-order valence-corrected chi connectivity index (χ1v) is 15.4. The molecule has 12 heteroatoms. The van der Waals surface area contributed by atoms with E-state index in [1.165, 1.54) is 0 Å². The van der Waals surface area contributed by atoms with Crippen LogP contribution >= 0.6 is 7.60 Å². The molecule has 0 saturated heterocycles. The largest absolute Gasteiger partial charge is 0.471 e. The molecule has 220 valence electrons. The summed E-state index contributed by atoms with van der Waals surface area (Å²) in [5, 5.41) is 0. The third-order valence-electron chi connectivity index (χ3n) is 6.31. The minimum Gasteiger partial charge on any atom is -0.471 e. The van der Waals surface area contributed by atoms with E-state index in [1.54, 1.807) is 24.7 Å². The van der Waals surface area contributed by atoms with Crippen LogP contribution in [0.5, 0.6) is 5.88 Å². The van der Waals surface area contributed by atoms with Crippen LogP contribution in [0.2, 0.25) is 0 Å². The standard InChI is InChI=1S/C29H38N5O6P/c1-4-39-41(35,40-5-2)17-16-25(22(3)36-18-23-12-8-6-9-13-23)38-21-34-20-31-26-27(34)32-29(30)33-28(26)37-19-24-14-10-7-11-15-24/h6-15,20,22,25H,4-5,16-19,21H2,1-3H3,(H2,30,32,33)/t22-,25+/m0/s1. The highest BCUT2D eigenvalue weighted by atomic mass is 31.2. The van der Waals surface area contributed by atoms with Crippen molar-refractivity contribution in [2.75, 3.05) is 25.1 Å². The Bertz CT molecular complexity index is 1400. The molecule has 0 radical (unpaired) electrons. The molecule has 2 heterocycles. The minimum absolute atomic E-state index is 0.0628. The summed E-state index contributed by atoms with van der Waals surface area (Å²) in [4.78, 5) is 13.1. The van der Waals surface area contributed by atoms with E-state index < -0.39 is 13.7 Å². The molecule has 0 fully saturated rings. The number of nitrogens with zero attached hydrogens (tertiary/aromatic N) is 4. The number of nitrogens with two attached hydrogens (primary N) is 1. The lowest BCUT2D eigenvalue weighted by molar-refractivity contribution is -0.0917. The van der Waals surface area contributed by atoms with Gasteiger partial charge in [0.25, 0.3) is 0 Å². The summed E-state index contributed by atoms with van der Waals surface area (Å²) in [5.74, 6) is 0.355. The Hall–Kier alpha value is -3.34. The molecule has 0 unspecified atom stereocenters. The van der Waals surface area contributed by atoms with Crippen LogP contribution < -0.4 is 10.5 Å². The van der Waals surface area contributed by atoms with Crippen LogP contribution in [-0.2, 0) is 43.0 Å². The fourth-order valence-corrected chi connectivity index (χ4v) is 5.93. The third kappa shape index (κ3) is 8.82. The second kappa shape index (κ2) is 15.0. The number of hydrogen-bond donors (Lipinski definition) is 1. The van der Waals surface area contributed by atoms with Crippen molar-refractivity contribution >= 4 is 24.7 Å². The molecule has 2 aromatic heterocycles. The monoisotopic (exact) mass is 583 g/mol. The third-order valence-corrected chi connectivity index (χ3v) is 8.42. The number of rotatable bonds is 17. The number of imidazole rings is 1. The van der Waals surface area contributed by atoms with Gasteiger partial charge in [0.05, 0.1) is 44.5 Å². The van der Waals surface area contributed by atoms with Gasteiger partial charge in [0.2, 0.25) is 11.8 Å². The van der Waals surface area contributed by atoms with Gasteiger partial charge in [-0.25, -0.2) is 4.98 Å². The molecule has 0 aliphatic heterocycles. The SMILES string of the molecule is CCOP(=O)(CC[C@@H](OCn1cnc2c(OCc3ccccc3)nc(N)nc21)[C@H](C)OCc1ccccc1)OCC. The first-order chi connectivity index (χ1) is 19.9. The Morgan fingerprint density at radius 2 is 1.54 bits per heavy atom. The van der Waals surface area contributed by atoms with Gasteiger partial charge in [-0.3, -0.25) is 9.13 Å². The predicted molar refractivity (Wildman–Crippen MR) is 156 cm³/mol. The van der Waals surface area contributed by atoms with Crippen LogP contribution in [0.4, 0.5) is 5.95 Å². The van der Waals surface area contributed by atoms with E-state index in [0.717, 1.165) is 11.1 Å². The number of hydrogen-bond acceptors (Lipinski definition) is 10. The Kier molecular flexibility index (Phi) is 11.2. The summed E-state index contributed by atoms with van der Waals surface area (Å²) in [5.41, 5.74) is 9.00. The molecule has 4 rings (SSSR count). The van der Waals surface area contributed by atoms with Gasteiger partial charge in [-0.05, 0) is 38.3 Å². The molecule has 41 heavy (non-hydrogen) atoms. The Morgan fingerprint density at radius 1 is 0.902 bits per heavy atom. The van der Waals surface area contributed by atoms with Crippen LogP contribution in [0, 0.1) is 0 Å². The zero-order valence-electron chi connectivity index (χ0n) is 23.7. The van der Waals surface area contributed by atoms with E-state index in [4.69, 9.17) is 29.0 Å². The average Bonchev–Trinajstić information content (AvgIpc) is 3.38. The molecule has 11 nitrogen and oxygen atoms in total. The maximum atomic E-state index is 13.2. The summed E-state index contributed by atoms with van der Waals surface area (Å²) >= 11 is 0. The lowest BCUT2D eigenvalue weighted by Gasteiger charge is -2.26. The first kappa shape index (κ1) is 30.6. The maximum absolute atomic E-state index is 13.2. The molecule has 2 N–H and O–H groups in total. The Morgan fingerprint density at radius 3 is 2.17 bits per heavy atom. The van der Waals surface area contributed by atoms with Crippen molar-refractivity contribution in [3.05, 3.63) is 78.1 Å². The molecular formula is C29H38N5O6P. The highest BCUT2D eigenvalue weighted by Crippen LogP contribution is 2.49. The molecule has 0 aliphatic rings. The van der Waals surface area contributed by atoms with E-state index >= 15 is 0 Å². The van der Waals surface area contributed by atoms with E-state index in [-0.39, 0.29) is 24.9 Å². The number of anilines is 1. The summed E-state index contributed by atoms with van der Waals surface area (Å²) in [6.07, 6.45) is 1.42. The van der Waals surface area contributed by atoms with Crippen molar-refractivity contribution in [1.82, 2.24) is 19.5 Å². The summed E-state index contributed by atoms with van der Waals surface area (Å²) in [6, 6.07) is 19.6. The fourth-order valence-electron chi connectivity index (χ4n) is 4.24. The Labute approximate surface area is 240 Å². The second-order valence-corrected chi connectivity index (χ2v) is 11.5. The second-order valence-electron chi connectivity index (χ2n) is 9.34. The van der Waals surface area contributed by atoms with Crippen molar-refractivity contribution in [3.63, 3.8) is 0 Å². The summed E-state index contributed by atoms with van der Waals surface area (Å²) in [7, 11) is -3.27. The van der Waals surface area contributed by atoms with Crippen molar-refractivity contribution in [3.8, 4) is 5.88 Å². The maximum Gasteiger partial charge on any atom is 0.330 e. The van der Waals surface area contributed by atoms with Gasteiger partial charge in [0, 0.05) is 0 Å². The summed E-state index contributed by atoms with van der Waals surface area (Å²) < 4.78 is 44.3. The van der Waals surface area contributed by atoms with Crippen LogP contribution in [-0.4, -0.2) is 51.1 Å². The normalized spacial score (nSPS) is 13.3. The van der Waals surface area contributed by atoms with Crippen LogP contribution in [0.25, 0.3) is 11.2 Å². The Balaban J connectivity index is 1.48. The molecule has 4 aromatic rings. The van der Waals surface area contributed by atoms with Gasteiger partial charge < -0.3 is 29.0 Å². The highest BCUT2D eigenvalue weighted by molar-refractivity contribution is 7.53. The number of aromatic nitrogens is 4. The van der Waals surface area contributed by atoms with Crippen molar-refractivity contribution < 1.29 is 27.8 Å². The van der Waals surface area contributed by atoms with Gasteiger partial charge in [-0.2, -0.15) is 9.97 Å². The van der Waals surface area contributed by atoms with E-state index in [1.807, 2.05) is 67.6 Å². The molecule has 0 aliphatic carbocycles. The molecule has 0 bridgehead atoms. The first-order valence-electron chi connectivity index (χ1n) is 13.7. The van der Waals surface area contributed by atoms with Crippen molar-refractivity contribution in [2.45, 2.75) is 59.3 Å². The molecule has 0 spiro atoms. The lowest BCUT2D eigenvalue weighted by Crippen LogP contribution is -2.31. The zero-order valence-corrected chi connectivity index (χ0v) is 24.6. The molecular weight excluding hydrogens is 545 g/mol. The summed E-state index contributed by atoms with van der Waals surface area (Å²) in [6.45, 7) is 6.93. The lowest BCUT2D eigenvalue weighted by atomic mass is 10.1. The average molecular weight is 584 g/mol. The predicted octanol–water partition coefficient (Wildman–Crippen LogP) is 5.59. The number of ether oxygens (including phenoxy) is 3. The topological polar surface area (TPSA) is 133 Å². The van der Waals surface area contributed by atoms with Gasteiger partial charge >= 0.3 is 7.60 Å². The van der Waals surface area contributed by atoms with Gasteiger partial charge in [-0.1, -0.05) is 60.7 Å². The van der Waals surface area contributed by atoms with Crippen LogP contribution in [0.3, 0.4) is 0 Å². The number of nitrogen functional groups attached to an aromatic ring is 1. The quantitative estimate of drug-likeness (QED) is 0.157. The van der Waals surface area contributed by atoms with Crippen molar-refractivity contribution in [2.24, 2.45) is 0 Å². The highest BCUT2D eigenvalue weighted by Gasteiger charge is 2.28. The number of fused-ring (bicyclic) bond motifs is 1. The van der Waals surface area contributed by atoms with E-state index in [2.05, 4.69) is 15.0 Å². The molecule has 2 atom stereocenters. The van der Waals surface area contributed by atoms with Crippen molar-refractivity contribution in [1.29, 1.82) is 0 Å². The van der Waals surface area contributed by atoms with E-state index in [9.17, 15) is 4.57 Å². The van der Waals surface area contributed by atoms with Gasteiger partial charge in [0.1, 0.15) is 13.3 Å². The van der Waals surface area contributed by atoms with Crippen LogP contribution in [0.15, 0.2) is 67.0 Å². The molecule has 0 amide bonds. The molecule has 2 aromatic carbocycles. The zero-order chi connectivity index (χ0) is 29.1. The minimum atomic E-state index is -3.27.